The van der Waals surface area contributed by atoms with Crippen molar-refractivity contribution in [2.24, 2.45) is 0 Å². The third kappa shape index (κ3) is 7.85. The van der Waals surface area contributed by atoms with Gasteiger partial charge in [0.15, 0.2) is 0 Å². The predicted octanol–water partition coefficient (Wildman–Crippen LogP) is 5.44. The Bertz CT molecular complexity index is 373. The van der Waals surface area contributed by atoms with Crippen molar-refractivity contribution in [1.29, 1.82) is 0 Å². The Hall–Kier alpha value is -1.06. The summed E-state index contributed by atoms with van der Waals surface area (Å²) in [5.74, 6) is -0.0971. The first-order chi connectivity index (χ1) is 10.8. The van der Waals surface area contributed by atoms with Gasteiger partial charge in [-0.25, -0.2) is 9.69 Å². The summed E-state index contributed by atoms with van der Waals surface area (Å²) in [5.41, 5.74) is -0.546. The van der Waals surface area contributed by atoms with Gasteiger partial charge in [0.05, 0.1) is 6.04 Å². The van der Waals surface area contributed by atoms with E-state index in [9.17, 15) is 9.59 Å². The van der Waals surface area contributed by atoms with E-state index in [2.05, 4.69) is 6.92 Å². The van der Waals surface area contributed by atoms with Crippen LogP contribution < -0.4 is 0 Å². The summed E-state index contributed by atoms with van der Waals surface area (Å²) in [6.45, 7) is 7.71. The first-order valence-corrected chi connectivity index (χ1v) is 9.40. The Morgan fingerprint density at radius 1 is 1.04 bits per heavy atom. The molecule has 4 nitrogen and oxygen atoms in total. The van der Waals surface area contributed by atoms with E-state index in [4.69, 9.17) is 4.74 Å². The monoisotopic (exact) mass is 325 g/mol. The van der Waals surface area contributed by atoms with Crippen molar-refractivity contribution in [1.82, 2.24) is 4.90 Å². The van der Waals surface area contributed by atoms with Gasteiger partial charge in [-0.2, -0.15) is 0 Å². The average Bonchev–Trinajstić information content (AvgIpc) is 2.41. The van der Waals surface area contributed by atoms with Crippen molar-refractivity contribution >= 4 is 12.0 Å². The molecule has 2 amide bonds. The van der Waals surface area contributed by atoms with E-state index in [1.807, 2.05) is 20.8 Å². The van der Waals surface area contributed by atoms with Crippen LogP contribution in [0.25, 0.3) is 0 Å². The molecule has 0 unspecified atom stereocenters. The largest absolute Gasteiger partial charge is 0.443 e. The van der Waals surface area contributed by atoms with Crippen LogP contribution in [-0.2, 0) is 9.53 Å². The lowest BCUT2D eigenvalue weighted by Gasteiger charge is -2.39. The van der Waals surface area contributed by atoms with Crippen LogP contribution in [0.15, 0.2) is 0 Å². The van der Waals surface area contributed by atoms with Crippen molar-refractivity contribution < 1.29 is 14.3 Å². The first kappa shape index (κ1) is 20.0. The van der Waals surface area contributed by atoms with E-state index in [0.717, 1.165) is 12.8 Å². The summed E-state index contributed by atoms with van der Waals surface area (Å²) in [7, 11) is 0. The Kier molecular flexibility index (Phi) is 8.64. The second kappa shape index (κ2) is 9.94. The summed E-state index contributed by atoms with van der Waals surface area (Å²) < 4.78 is 5.30. The molecule has 4 heteroatoms. The molecule has 0 saturated carbocycles. The van der Waals surface area contributed by atoms with Gasteiger partial charge in [0.25, 0.3) is 0 Å². The SMILES string of the molecule is CCCCCCCCCCC[C@H]1CC(=O)N1C(=O)OC(C)(C)C. The van der Waals surface area contributed by atoms with Gasteiger partial charge in [0.1, 0.15) is 5.60 Å². The highest BCUT2D eigenvalue weighted by Gasteiger charge is 2.42. The van der Waals surface area contributed by atoms with Crippen molar-refractivity contribution in [2.45, 2.75) is 110 Å². The zero-order valence-electron chi connectivity index (χ0n) is 15.5. The zero-order valence-corrected chi connectivity index (χ0v) is 15.5. The maximum Gasteiger partial charge on any atom is 0.417 e. The van der Waals surface area contributed by atoms with Gasteiger partial charge in [-0.05, 0) is 27.2 Å². The number of likely N-dealkylation sites (tertiary alicyclic amines) is 1. The van der Waals surface area contributed by atoms with Gasteiger partial charge in [-0.1, -0.05) is 64.7 Å². The van der Waals surface area contributed by atoms with Gasteiger partial charge >= 0.3 is 6.09 Å². The zero-order chi connectivity index (χ0) is 17.3. The normalized spacial score (nSPS) is 18.0. The first-order valence-electron chi connectivity index (χ1n) is 9.40. The molecular weight excluding hydrogens is 290 g/mol. The van der Waals surface area contributed by atoms with Crippen molar-refractivity contribution in [3.63, 3.8) is 0 Å². The fraction of sp³-hybridized carbons (Fsp3) is 0.895. The maximum atomic E-state index is 12.0. The topological polar surface area (TPSA) is 46.6 Å². The molecule has 1 saturated heterocycles. The third-order valence-electron chi connectivity index (χ3n) is 4.28. The molecule has 1 heterocycles. The van der Waals surface area contributed by atoms with Crippen molar-refractivity contribution in [2.75, 3.05) is 0 Å². The lowest BCUT2D eigenvalue weighted by molar-refractivity contribution is -0.144. The molecule has 0 aliphatic carbocycles. The van der Waals surface area contributed by atoms with Crippen LogP contribution >= 0.6 is 0 Å². The molecule has 1 rings (SSSR count). The number of carbonyl (C=O) groups is 2. The van der Waals surface area contributed by atoms with Gasteiger partial charge < -0.3 is 4.74 Å². The molecule has 0 aromatic carbocycles. The average molecular weight is 325 g/mol. The third-order valence-corrected chi connectivity index (χ3v) is 4.28. The van der Waals surface area contributed by atoms with Crippen molar-refractivity contribution in [3.05, 3.63) is 0 Å². The highest BCUT2D eigenvalue weighted by atomic mass is 16.6. The summed E-state index contributed by atoms with van der Waals surface area (Å²) in [5, 5.41) is 0. The number of nitrogens with zero attached hydrogens (tertiary/aromatic N) is 1. The molecule has 23 heavy (non-hydrogen) atoms. The van der Waals surface area contributed by atoms with Crippen LogP contribution in [0, 0.1) is 0 Å². The summed E-state index contributed by atoms with van der Waals surface area (Å²) in [6.07, 6.45) is 12.5. The molecule has 1 fully saturated rings. The Balaban J connectivity index is 2.11. The fourth-order valence-electron chi connectivity index (χ4n) is 2.97. The van der Waals surface area contributed by atoms with Crippen molar-refractivity contribution in [3.8, 4) is 0 Å². The van der Waals surface area contributed by atoms with E-state index in [1.165, 1.54) is 56.3 Å². The molecular formula is C19H35NO3. The van der Waals surface area contributed by atoms with Gasteiger partial charge in [0.2, 0.25) is 5.91 Å². The smallest absolute Gasteiger partial charge is 0.417 e. The molecule has 1 aliphatic rings. The number of unbranched alkanes of at least 4 members (excludes halogenated alkanes) is 8. The number of imide groups is 1. The molecule has 0 bridgehead atoms. The number of carbonyl (C=O) groups excluding carboxylic acids is 2. The Labute approximate surface area is 141 Å². The minimum absolute atomic E-state index is 0.0573. The molecule has 0 N–H and O–H groups in total. The molecule has 1 atom stereocenters. The molecule has 0 aromatic heterocycles. The number of rotatable bonds is 10. The number of hydrogen-bond donors (Lipinski definition) is 0. The minimum atomic E-state index is -0.546. The van der Waals surface area contributed by atoms with E-state index in [1.54, 1.807) is 0 Å². The van der Waals surface area contributed by atoms with E-state index < -0.39 is 11.7 Å². The van der Waals surface area contributed by atoms with Crippen LogP contribution in [-0.4, -0.2) is 28.5 Å². The second-order valence-corrected chi connectivity index (χ2v) is 7.72. The van der Waals surface area contributed by atoms with Gasteiger partial charge in [0, 0.05) is 6.42 Å². The van der Waals surface area contributed by atoms with E-state index in [0.29, 0.717) is 6.42 Å². The lowest BCUT2D eigenvalue weighted by Crippen LogP contribution is -2.56. The number of β-lactam (4-membered cyclic amide) rings is 1. The number of hydrogen-bond acceptors (Lipinski definition) is 3. The van der Waals surface area contributed by atoms with E-state index >= 15 is 0 Å². The highest BCUT2D eigenvalue weighted by Crippen LogP contribution is 2.27. The Morgan fingerprint density at radius 2 is 1.57 bits per heavy atom. The molecule has 134 valence electrons. The Morgan fingerprint density at radius 3 is 2.04 bits per heavy atom. The predicted molar refractivity (Wildman–Crippen MR) is 93.3 cm³/mol. The second-order valence-electron chi connectivity index (χ2n) is 7.72. The standard InChI is InChI=1S/C19H35NO3/c1-5-6-7-8-9-10-11-12-13-14-16-15-17(21)20(16)18(22)23-19(2,3)4/h16H,5-15H2,1-4H3/t16-/m0/s1. The van der Waals surface area contributed by atoms with Crippen LogP contribution in [0.5, 0.6) is 0 Å². The van der Waals surface area contributed by atoms with Crippen LogP contribution in [0.2, 0.25) is 0 Å². The summed E-state index contributed by atoms with van der Waals surface area (Å²) in [6, 6.07) is 0.0573. The van der Waals surface area contributed by atoms with Crippen LogP contribution in [0.3, 0.4) is 0 Å². The number of amides is 2. The highest BCUT2D eigenvalue weighted by molar-refractivity contribution is 5.97. The van der Waals surface area contributed by atoms with Crippen LogP contribution in [0.4, 0.5) is 4.79 Å². The minimum Gasteiger partial charge on any atom is -0.443 e. The molecule has 0 radical (unpaired) electrons. The molecule has 0 spiro atoms. The maximum absolute atomic E-state index is 12.0. The summed E-state index contributed by atoms with van der Waals surface area (Å²) >= 11 is 0. The lowest BCUT2D eigenvalue weighted by atomic mass is 9.95. The van der Waals surface area contributed by atoms with Crippen LogP contribution in [0.1, 0.15) is 98.3 Å². The summed E-state index contributed by atoms with van der Waals surface area (Å²) in [4.78, 5) is 25.0. The fourth-order valence-corrected chi connectivity index (χ4v) is 2.97. The molecule has 1 aliphatic heterocycles. The van der Waals surface area contributed by atoms with E-state index in [-0.39, 0.29) is 11.9 Å². The molecule has 0 aromatic rings. The van der Waals surface area contributed by atoms with Gasteiger partial charge in [-0.3, -0.25) is 4.79 Å². The number of ether oxygens (including phenoxy) is 1. The van der Waals surface area contributed by atoms with Gasteiger partial charge in [-0.15, -0.1) is 0 Å². The quantitative estimate of drug-likeness (QED) is 0.397.